The molecule has 0 aromatic heterocycles. The van der Waals surface area contributed by atoms with Gasteiger partial charge in [-0.2, -0.15) is 5.10 Å². The average molecular weight is 513 g/mol. The second-order valence-corrected chi connectivity index (χ2v) is 9.09. The minimum absolute atomic E-state index is 0.0973. The van der Waals surface area contributed by atoms with E-state index in [0.717, 1.165) is 33.9 Å². The summed E-state index contributed by atoms with van der Waals surface area (Å²) in [4.78, 5) is 13.6. The van der Waals surface area contributed by atoms with Gasteiger partial charge in [0.15, 0.2) is 0 Å². The summed E-state index contributed by atoms with van der Waals surface area (Å²) in [5, 5.41) is 16.8. The molecule has 0 fully saturated rings. The third-order valence-electron chi connectivity index (χ3n) is 6.24. The quantitative estimate of drug-likeness (QED) is 0.302. The fraction of sp³-hybridized carbons (Fsp3) is 0.133. The number of hydrogen-bond donors (Lipinski definition) is 1. The molecule has 5 rings (SSSR count). The van der Waals surface area contributed by atoms with Crippen LogP contribution in [-0.2, 0) is 6.61 Å². The first kappa shape index (κ1) is 24.4. The van der Waals surface area contributed by atoms with Crippen molar-refractivity contribution in [2.24, 2.45) is 5.10 Å². The summed E-state index contributed by atoms with van der Waals surface area (Å²) in [5.41, 5.74) is 3.72. The van der Waals surface area contributed by atoms with E-state index in [9.17, 15) is 9.90 Å². The molecule has 0 bridgehead atoms. The number of ether oxygens (including phenoxy) is 2. The maximum absolute atomic E-state index is 13.6. The molecule has 0 aliphatic carbocycles. The standard InChI is InChI=1S/C30H25ClN2O4/c1-36-24-12-7-21(8-13-24)27-18-28(33(32-27)30(35)26-17-23(31)11-16-29(26)34)22-9-14-25(15-10-22)37-19-20-5-3-2-4-6-20/h2-17,28,34H,18-19H2,1H3. The van der Waals surface area contributed by atoms with Crippen LogP contribution < -0.4 is 9.47 Å². The molecule has 6 nitrogen and oxygen atoms in total. The summed E-state index contributed by atoms with van der Waals surface area (Å²) >= 11 is 6.12. The molecule has 1 aliphatic heterocycles. The zero-order valence-corrected chi connectivity index (χ0v) is 20.9. The van der Waals surface area contributed by atoms with Crippen LogP contribution in [0.3, 0.4) is 0 Å². The van der Waals surface area contributed by atoms with Gasteiger partial charge in [-0.15, -0.1) is 0 Å². The zero-order chi connectivity index (χ0) is 25.8. The van der Waals surface area contributed by atoms with Gasteiger partial charge in [0.1, 0.15) is 23.9 Å². The molecular weight excluding hydrogens is 488 g/mol. The molecule has 1 atom stereocenters. The topological polar surface area (TPSA) is 71.4 Å². The molecule has 37 heavy (non-hydrogen) atoms. The van der Waals surface area contributed by atoms with E-state index < -0.39 is 5.91 Å². The predicted octanol–water partition coefficient (Wildman–Crippen LogP) is 6.62. The van der Waals surface area contributed by atoms with Crippen LogP contribution in [0.25, 0.3) is 0 Å². The predicted molar refractivity (Wildman–Crippen MR) is 143 cm³/mol. The first-order chi connectivity index (χ1) is 18.0. The zero-order valence-electron chi connectivity index (χ0n) is 20.2. The van der Waals surface area contributed by atoms with Crippen molar-refractivity contribution < 1.29 is 19.4 Å². The SMILES string of the molecule is COc1ccc(C2=NN(C(=O)c3cc(Cl)ccc3O)C(c3ccc(OCc4ccccc4)cc3)C2)cc1. The molecular formula is C30H25ClN2O4. The second-order valence-electron chi connectivity index (χ2n) is 8.65. The lowest BCUT2D eigenvalue weighted by atomic mass is 9.98. The van der Waals surface area contributed by atoms with Gasteiger partial charge < -0.3 is 14.6 Å². The van der Waals surface area contributed by atoms with Crippen molar-refractivity contribution in [1.29, 1.82) is 0 Å². The van der Waals surface area contributed by atoms with Crippen molar-refractivity contribution in [2.45, 2.75) is 19.1 Å². The Hall–Kier alpha value is -4.29. The Balaban J connectivity index is 1.42. The lowest BCUT2D eigenvalue weighted by Gasteiger charge is -2.23. The highest BCUT2D eigenvalue weighted by atomic mass is 35.5. The summed E-state index contributed by atoms with van der Waals surface area (Å²) in [5.74, 6) is 0.887. The van der Waals surface area contributed by atoms with Crippen molar-refractivity contribution >= 4 is 23.2 Å². The van der Waals surface area contributed by atoms with E-state index in [1.807, 2.05) is 78.9 Å². The Morgan fingerprint density at radius 2 is 1.68 bits per heavy atom. The van der Waals surface area contributed by atoms with Crippen LogP contribution in [0.5, 0.6) is 17.2 Å². The van der Waals surface area contributed by atoms with Crippen molar-refractivity contribution in [3.8, 4) is 17.2 Å². The van der Waals surface area contributed by atoms with E-state index >= 15 is 0 Å². The van der Waals surface area contributed by atoms with Crippen LogP contribution in [-0.4, -0.2) is 28.8 Å². The molecule has 186 valence electrons. The van der Waals surface area contributed by atoms with E-state index in [4.69, 9.17) is 26.2 Å². The van der Waals surface area contributed by atoms with E-state index in [2.05, 4.69) is 0 Å². The number of halogens is 1. The summed E-state index contributed by atoms with van der Waals surface area (Å²) in [6.45, 7) is 0.465. The molecule has 1 aliphatic rings. The number of rotatable bonds is 7. The Morgan fingerprint density at radius 1 is 0.973 bits per heavy atom. The number of carbonyl (C=O) groups is 1. The van der Waals surface area contributed by atoms with Gasteiger partial charge in [0.25, 0.3) is 5.91 Å². The number of hydrogen-bond acceptors (Lipinski definition) is 5. The van der Waals surface area contributed by atoms with Crippen molar-refractivity contribution in [1.82, 2.24) is 5.01 Å². The van der Waals surface area contributed by atoms with Crippen LogP contribution in [0.1, 0.15) is 39.5 Å². The summed E-state index contributed by atoms with van der Waals surface area (Å²) < 4.78 is 11.2. The molecule has 0 saturated carbocycles. The normalized spacial score (nSPS) is 14.8. The van der Waals surface area contributed by atoms with Crippen LogP contribution >= 0.6 is 11.6 Å². The lowest BCUT2D eigenvalue weighted by molar-refractivity contribution is 0.0708. The third-order valence-corrected chi connectivity index (χ3v) is 6.48. The molecule has 0 spiro atoms. The summed E-state index contributed by atoms with van der Waals surface area (Å²) in [6.07, 6.45) is 0.504. The average Bonchev–Trinajstić information content (AvgIpc) is 3.39. The highest BCUT2D eigenvalue weighted by Gasteiger charge is 2.34. The fourth-order valence-electron chi connectivity index (χ4n) is 4.25. The van der Waals surface area contributed by atoms with Crippen molar-refractivity contribution in [2.75, 3.05) is 7.11 Å². The second kappa shape index (κ2) is 10.8. The third kappa shape index (κ3) is 5.44. The number of aromatic hydroxyl groups is 1. The highest BCUT2D eigenvalue weighted by molar-refractivity contribution is 6.31. The Morgan fingerprint density at radius 3 is 2.38 bits per heavy atom. The van der Waals surface area contributed by atoms with Crippen LogP contribution in [0.4, 0.5) is 0 Å². The number of nitrogens with zero attached hydrogens (tertiary/aromatic N) is 2. The maximum atomic E-state index is 13.6. The van der Waals surface area contributed by atoms with Crippen LogP contribution in [0.15, 0.2) is 102 Å². The molecule has 1 N–H and O–H groups in total. The monoisotopic (exact) mass is 512 g/mol. The molecule has 4 aromatic rings. The van der Waals surface area contributed by atoms with Gasteiger partial charge in [-0.1, -0.05) is 54.1 Å². The van der Waals surface area contributed by atoms with E-state index in [0.29, 0.717) is 18.1 Å². The first-order valence-electron chi connectivity index (χ1n) is 11.8. The van der Waals surface area contributed by atoms with Gasteiger partial charge in [0, 0.05) is 11.4 Å². The minimum Gasteiger partial charge on any atom is -0.507 e. The Bertz CT molecular complexity index is 1420. The number of phenolic OH excluding ortho intramolecular Hbond substituents is 1. The molecule has 0 radical (unpaired) electrons. The molecule has 0 saturated heterocycles. The molecule has 7 heteroatoms. The molecule has 1 unspecified atom stereocenters. The van der Waals surface area contributed by atoms with Gasteiger partial charge in [0.05, 0.1) is 24.4 Å². The fourth-order valence-corrected chi connectivity index (χ4v) is 4.42. The number of benzene rings is 4. The van der Waals surface area contributed by atoms with Gasteiger partial charge in [-0.3, -0.25) is 4.79 Å². The number of amides is 1. The van der Waals surface area contributed by atoms with Gasteiger partial charge in [-0.25, -0.2) is 5.01 Å². The van der Waals surface area contributed by atoms with Gasteiger partial charge in [-0.05, 0) is 71.3 Å². The Labute approximate surface area is 220 Å². The smallest absolute Gasteiger partial charge is 0.278 e. The lowest BCUT2D eigenvalue weighted by Crippen LogP contribution is -2.27. The molecule has 4 aromatic carbocycles. The number of phenols is 1. The van der Waals surface area contributed by atoms with Gasteiger partial charge in [0.2, 0.25) is 0 Å². The van der Waals surface area contributed by atoms with E-state index in [1.54, 1.807) is 7.11 Å². The van der Waals surface area contributed by atoms with Crippen molar-refractivity contribution in [3.05, 3.63) is 124 Å². The van der Waals surface area contributed by atoms with Gasteiger partial charge >= 0.3 is 0 Å². The van der Waals surface area contributed by atoms with Crippen molar-refractivity contribution in [3.63, 3.8) is 0 Å². The highest BCUT2D eigenvalue weighted by Crippen LogP contribution is 2.36. The molecule has 1 amide bonds. The maximum Gasteiger partial charge on any atom is 0.278 e. The first-order valence-corrected chi connectivity index (χ1v) is 12.2. The summed E-state index contributed by atoms with van der Waals surface area (Å²) in [7, 11) is 1.61. The van der Waals surface area contributed by atoms with E-state index in [1.165, 1.54) is 23.2 Å². The largest absolute Gasteiger partial charge is 0.507 e. The van der Waals surface area contributed by atoms with Crippen LogP contribution in [0, 0.1) is 0 Å². The number of methoxy groups -OCH3 is 1. The Kier molecular flexibility index (Phi) is 7.10. The minimum atomic E-state index is -0.432. The summed E-state index contributed by atoms with van der Waals surface area (Å²) in [6, 6.07) is 29.2. The number of hydrazone groups is 1. The van der Waals surface area contributed by atoms with Crippen LogP contribution in [0.2, 0.25) is 5.02 Å². The number of carbonyl (C=O) groups excluding carboxylic acids is 1. The molecule has 1 heterocycles. The van der Waals surface area contributed by atoms with E-state index in [-0.39, 0.29) is 17.4 Å².